The predicted octanol–water partition coefficient (Wildman–Crippen LogP) is 5.80. The molecule has 5 rings (SSSR count). The second-order valence-electron chi connectivity index (χ2n) is 12.5. The largest absolute Gasteiger partial charge is 0.493 e. The highest BCUT2D eigenvalue weighted by molar-refractivity contribution is 5.98. The number of carbonyl (C=O) groups is 4. The van der Waals surface area contributed by atoms with Gasteiger partial charge in [-0.05, 0) is 81.5 Å². The molecule has 2 amide bonds. The Hall–Kier alpha value is -5.65. The maximum Gasteiger partial charge on any atom is 0.329 e. The van der Waals surface area contributed by atoms with Crippen molar-refractivity contribution in [3.8, 4) is 22.6 Å². The van der Waals surface area contributed by atoms with E-state index in [2.05, 4.69) is 23.4 Å². The van der Waals surface area contributed by atoms with Crippen LogP contribution in [0.4, 0.5) is 5.69 Å². The number of anilines is 1. The summed E-state index contributed by atoms with van der Waals surface area (Å²) in [6.45, 7) is 9.61. The summed E-state index contributed by atoms with van der Waals surface area (Å²) in [6, 6.07) is 17.5. The van der Waals surface area contributed by atoms with Gasteiger partial charge in [0.05, 0.1) is 51.3 Å². The minimum absolute atomic E-state index is 0.0247. The summed E-state index contributed by atoms with van der Waals surface area (Å²) in [7, 11) is 0. The van der Waals surface area contributed by atoms with E-state index in [1.54, 1.807) is 49.0 Å². The zero-order valence-electron chi connectivity index (χ0n) is 30.2. The summed E-state index contributed by atoms with van der Waals surface area (Å²) < 4.78 is 24.0. The molecule has 0 radical (unpaired) electrons. The number of benzene rings is 3. The third kappa shape index (κ3) is 9.56. The quantitative estimate of drug-likeness (QED) is 0.120. The number of hydrogen-bond donors (Lipinski definition) is 1. The molecule has 0 unspecified atom stereocenters. The van der Waals surface area contributed by atoms with Crippen LogP contribution in [0.15, 0.2) is 73.1 Å². The number of para-hydroxylation sites is 1. The Morgan fingerprint density at radius 3 is 2.50 bits per heavy atom. The molecule has 3 aromatic carbocycles. The van der Waals surface area contributed by atoms with E-state index in [0.717, 1.165) is 33.7 Å². The average Bonchev–Trinajstić information content (AvgIpc) is 3.48. The van der Waals surface area contributed by atoms with Crippen LogP contribution in [0.1, 0.15) is 66.6 Å². The standard InChI is InChI=1S/C40H46N4O8/c1-5-49-37(46)23-33(40(48)50-6-2)42-39(47)30-18-16-29(17-19-30)25-43-26-31(24-41-43)32-12-8-13-34-38(32)52-22-10-20-44(34)36(45)15-9-21-51-35-14-7-11-27(3)28(35)4/h7-8,11-14,16-19,24,26,33H,5-6,9-10,15,20-23,25H2,1-4H3,(H,42,47)/t33-/m1/s1. The van der Waals surface area contributed by atoms with Crippen LogP contribution in [0.25, 0.3) is 11.1 Å². The second-order valence-corrected chi connectivity index (χ2v) is 12.5. The van der Waals surface area contributed by atoms with Crippen LogP contribution in [-0.4, -0.2) is 72.5 Å². The number of rotatable bonds is 15. The molecule has 1 aliphatic rings. The molecule has 0 fully saturated rings. The molecule has 12 nitrogen and oxygen atoms in total. The van der Waals surface area contributed by atoms with Crippen molar-refractivity contribution in [2.24, 2.45) is 0 Å². The average molecular weight is 711 g/mol. The van der Waals surface area contributed by atoms with Crippen molar-refractivity contribution in [2.75, 3.05) is 37.9 Å². The minimum Gasteiger partial charge on any atom is -0.493 e. The number of aromatic nitrogens is 2. The zero-order valence-corrected chi connectivity index (χ0v) is 30.2. The van der Waals surface area contributed by atoms with Gasteiger partial charge in [0, 0.05) is 35.9 Å². The maximum atomic E-state index is 13.5. The number of fused-ring (bicyclic) bond motifs is 1. The molecule has 12 heteroatoms. The molecule has 0 aliphatic carbocycles. The number of hydrogen-bond acceptors (Lipinski definition) is 9. The van der Waals surface area contributed by atoms with Crippen molar-refractivity contribution < 1.29 is 38.1 Å². The molecule has 0 spiro atoms. The lowest BCUT2D eigenvalue weighted by Gasteiger charge is -2.23. The zero-order chi connectivity index (χ0) is 37.0. The van der Waals surface area contributed by atoms with E-state index in [1.165, 1.54) is 5.56 Å². The molecule has 52 heavy (non-hydrogen) atoms. The van der Waals surface area contributed by atoms with E-state index < -0.39 is 23.9 Å². The first-order valence-electron chi connectivity index (χ1n) is 17.7. The topological polar surface area (TPSA) is 138 Å². The van der Waals surface area contributed by atoms with Crippen molar-refractivity contribution in [1.82, 2.24) is 15.1 Å². The number of esters is 2. The lowest BCUT2D eigenvalue weighted by atomic mass is 10.1. The molecule has 0 saturated heterocycles. The van der Waals surface area contributed by atoms with Gasteiger partial charge in [-0.25, -0.2) is 4.79 Å². The second kappa shape index (κ2) is 18.0. The Balaban J connectivity index is 1.22. The molecule has 4 aromatic rings. The minimum atomic E-state index is -1.16. The summed E-state index contributed by atoms with van der Waals surface area (Å²) in [6.07, 6.45) is 5.02. The van der Waals surface area contributed by atoms with Gasteiger partial charge in [0.1, 0.15) is 11.8 Å². The molecule has 274 valence electrons. The highest BCUT2D eigenvalue weighted by atomic mass is 16.5. The molecular formula is C40H46N4O8. The van der Waals surface area contributed by atoms with Crippen LogP contribution >= 0.6 is 0 Å². The molecular weight excluding hydrogens is 664 g/mol. The number of amides is 2. The normalized spacial score (nSPS) is 12.9. The number of nitrogens with zero attached hydrogens (tertiary/aromatic N) is 3. The third-order valence-corrected chi connectivity index (χ3v) is 8.76. The Bertz CT molecular complexity index is 1870. The summed E-state index contributed by atoms with van der Waals surface area (Å²) in [4.78, 5) is 52.6. The van der Waals surface area contributed by atoms with Gasteiger partial charge >= 0.3 is 11.9 Å². The van der Waals surface area contributed by atoms with Gasteiger partial charge in [-0.1, -0.05) is 36.4 Å². The molecule has 0 saturated carbocycles. The van der Waals surface area contributed by atoms with Crippen LogP contribution in [-0.2, 0) is 30.4 Å². The van der Waals surface area contributed by atoms with Gasteiger partial charge in [0.2, 0.25) is 5.91 Å². The predicted molar refractivity (Wildman–Crippen MR) is 195 cm³/mol. The fourth-order valence-corrected chi connectivity index (χ4v) is 5.92. The van der Waals surface area contributed by atoms with Crippen molar-refractivity contribution in [1.29, 1.82) is 0 Å². The van der Waals surface area contributed by atoms with E-state index in [1.807, 2.05) is 48.4 Å². The molecule has 1 N–H and O–H groups in total. The highest BCUT2D eigenvalue weighted by Gasteiger charge is 2.27. The summed E-state index contributed by atoms with van der Waals surface area (Å²) in [5, 5.41) is 7.15. The summed E-state index contributed by atoms with van der Waals surface area (Å²) in [5.74, 6) is -0.302. The van der Waals surface area contributed by atoms with Gasteiger partial charge in [0.15, 0.2) is 5.75 Å². The van der Waals surface area contributed by atoms with Crippen LogP contribution < -0.4 is 19.7 Å². The Morgan fingerprint density at radius 1 is 0.962 bits per heavy atom. The van der Waals surface area contributed by atoms with Crippen LogP contribution in [0, 0.1) is 13.8 Å². The Labute approximate surface area is 304 Å². The number of aryl methyl sites for hydroxylation is 1. The molecule has 1 aliphatic heterocycles. The fraction of sp³-hybridized carbons (Fsp3) is 0.375. The van der Waals surface area contributed by atoms with E-state index >= 15 is 0 Å². The van der Waals surface area contributed by atoms with Crippen LogP contribution in [0.3, 0.4) is 0 Å². The lowest BCUT2D eigenvalue weighted by molar-refractivity contribution is -0.152. The first-order valence-corrected chi connectivity index (χ1v) is 17.7. The van der Waals surface area contributed by atoms with Gasteiger partial charge in [-0.2, -0.15) is 5.10 Å². The van der Waals surface area contributed by atoms with Gasteiger partial charge < -0.3 is 29.2 Å². The monoisotopic (exact) mass is 710 g/mol. The summed E-state index contributed by atoms with van der Waals surface area (Å²) in [5.41, 5.74) is 5.91. The van der Waals surface area contributed by atoms with Crippen molar-refractivity contribution in [3.63, 3.8) is 0 Å². The molecule has 1 atom stereocenters. The number of ether oxygens (including phenoxy) is 4. The van der Waals surface area contributed by atoms with Gasteiger partial charge in [-0.3, -0.25) is 19.1 Å². The maximum absolute atomic E-state index is 13.5. The lowest BCUT2D eigenvalue weighted by Crippen LogP contribution is -2.43. The van der Waals surface area contributed by atoms with Crippen LogP contribution in [0.5, 0.6) is 11.5 Å². The van der Waals surface area contributed by atoms with E-state index in [4.69, 9.17) is 18.9 Å². The fourth-order valence-electron chi connectivity index (χ4n) is 5.92. The van der Waals surface area contributed by atoms with Crippen molar-refractivity contribution in [3.05, 3.63) is 95.3 Å². The van der Waals surface area contributed by atoms with Gasteiger partial charge in [-0.15, -0.1) is 0 Å². The van der Waals surface area contributed by atoms with Crippen molar-refractivity contribution >= 4 is 29.4 Å². The first-order chi connectivity index (χ1) is 25.2. The Morgan fingerprint density at radius 2 is 1.73 bits per heavy atom. The smallest absolute Gasteiger partial charge is 0.329 e. The Kier molecular flexibility index (Phi) is 13.0. The third-order valence-electron chi connectivity index (χ3n) is 8.76. The van der Waals surface area contributed by atoms with E-state index in [0.29, 0.717) is 56.9 Å². The summed E-state index contributed by atoms with van der Waals surface area (Å²) >= 11 is 0. The number of nitrogens with one attached hydrogen (secondary N) is 1. The first kappa shape index (κ1) is 37.6. The number of carbonyl (C=O) groups excluding carboxylic acids is 4. The highest BCUT2D eigenvalue weighted by Crippen LogP contribution is 2.40. The van der Waals surface area contributed by atoms with Crippen molar-refractivity contribution in [2.45, 2.75) is 66.0 Å². The van der Waals surface area contributed by atoms with Gasteiger partial charge in [0.25, 0.3) is 5.91 Å². The SMILES string of the molecule is CCOC(=O)C[C@@H](NC(=O)c1ccc(Cn2cc(-c3cccc4c3OCCCN4C(=O)CCCOc3cccc(C)c3C)cn2)cc1)C(=O)OCC. The molecule has 2 heterocycles. The molecule has 1 aromatic heterocycles. The van der Waals surface area contributed by atoms with E-state index in [9.17, 15) is 19.2 Å². The molecule has 0 bridgehead atoms. The van der Waals surface area contributed by atoms with Crippen LogP contribution in [0.2, 0.25) is 0 Å². The van der Waals surface area contributed by atoms with E-state index in [-0.39, 0.29) is 25.5 Å².